The van der Waals surface area contributed by atoms with Gasteiger partial charge in [-0.05, 0) is 113 Å². The first-order valence-corrected chi connectivity index (χ1v) is 21.6. The van der Waals surface area contributed by atoms with Gasteiger partial charge in [0.25, 0.3) is 11.8 Å². The number of nitrogens with one attached hydrogen (secondary N) is 2. The Morgan fingerprint density at radius 3 is 2.25 bits per heavy atom. The molecule has 0 aliphatic carbocycles. The Morgan fingerprint density at radius 2 is 1.60 bits per heavy atom. The molecule has 0 bridgehead atoms. The summed E-state index contributed by atoms with van der Waals surface area (Å²) in [4.78, 5) is 62.9. The first-order chi connectivity index (χ1) is 30.0. The van der Waals surface area contributed by atoms with Gasteiger partial charge in [-0.1, -0.05) is 6.07 Å². The van der Waals surface area contributed by atoms with Crippen LogP contribution in [-0.4, -0.2) is 124 Å². The summed E-state index contributed by atoms with van der Waals surface area (Å²) >= 11 is 0. The number of aromatic nitrogens is 3. The molecule has 4 aliphatic heterocycles. The van der Waals surface area contributed by atoms with Gasteiger partial charge >= 0.3 is 12.2 Å². The minimum atomic E-state index is -4.70. The normalized spacial score (nSPS) is 19.4. The predicted molar refractivity (Wildman–Crippen MR) is 229 cm³/mol. The number of hydrogen-bond donors (Lipinski definition) is 3. The highest BCUT2D eigenvalue weighted by atomic mass is 19.4. The fourth-order valence-corrected chi connectivity index (χ4v) is 9.43. The third-order valence-electron chi connectivity index (χ3n) is 13.3. The smallest absolute Gasteiger partial charge is 0.433 e. The van der Waals surface area contributed by atoms with Crippen LogP contribution in [-0.2, 0) is 16.6 Å². The van der Waals surface area contributed by atoms with Crippen LogP contribution < -0.4 is 20.3 Å². The van der Waals surface area contributed by atoms with Gasteiger partial charge in [-0.15, -0.1) is 0 Å². The number of nitrogens with zero attached hydrogens (tertiary/aromatic N) is 7. The molecule has 18 heteroatoms. The van der Waals surface area contributed by atoms with Crippen molar-refractivity contribution < 1.29 is 42.2 Å². The molecule has 336 valence electrons. The van der Waals surface area contributed by atoms with E-state index in [9.17, 15) is 37.5 Å². The van der Waals surface area contributed by atoms with Gasteiger partial charge in [0, 0.05) is 80.6 Å². The first-order valence-electron chi connectivity index (χ1n) is 21.6. The second kappa shape index (κ2) is 17.5. The largest absolute Gasteiger partial charge is 0.495 e. The molecule has 1 spiro atoms. The van der Waals surface area contributed by atoms with E-state index < -0.39 is 29.4 Å². The summed E-state index contributed by atoms with van der Waals surface area (Å²) in [6.07, 6.45) is 3.31. The number of carbonyl (C=O) groups excluding carboxylic acids is 4. The van der Waals surface area contributed by atoms with Gasteiger partial charge in [-0.2, -0.15) is 18.3 Å². The van der Waals surface area contributed by atoms with Crippen LogP contribution in [0.1, 0.15) is 96.9 Å². The summed E-state index contributed by atoms with van der Waals surface area (Å²) in [5, 5.41) is 21.6. The van der Waals surface area contributed by atoms with Crippen molar-refractivity contribution >= 4 is 46.0 Å². The van der Waals surface area contributed by atoms with E-state index in [0.29, 0.717) is 41.2 Å². The van der Waals surface area contributed by atoms with Gasteiger partial charge < -0.3 is 29.9 Å². The zero-order valence-corrected chi connectivity index (χ0v) is 35.8. The predicted octanol–water partition coefficient (Wildman–Crippen LogP) is 6.04. The van der Waals surface area contributed by atoms with Gasteiger partial charge in [0.2, 0.25) is 5.91 Å². The molecule has 0 radical (unpaired) electrons. The average molecular weight is 874 g/mol. The number of imide groups is 1. The van der Waals surface area contributed by atoms with Crippen molar-refractivity contribution in [3.63, 3.8) is 0 Å². The van der Waals surface area contributed by atoms with Crippen LogP contribution in [0.15, 0.2) is 54.7 Å². The van der Waals surface area contributed by atoms with Crippen LogP contribution in [0.3, 0.4) is 0 Å². The Morgan fingerprint density at radius 1 is 0.921 bits per heavy atom. The van der Waals surface area contributed by atoms with Gasteiger partial charge in [0.15, 0.2) is 0 Å². The van der Waals surface area contributed by atoms with Gasteiger partial charge in [-0.25, -0.2) is 9.78 Å². The standard InChI is InChI=1S/C45H54F3N9O6/c1-43(2,62)32-27-34-30(25-35(32)50-40(59)33-5-4-6-38(49-33)45(46,47)48)28-57(52-34)31-9-16-53(17-10-31)23-24-54-19-12-44(13-20-54)14-21-55(22-15-44)41(60)29-7-8-37(63-3)36(26-29)56-18-11-39(58)51-42(56)61/h4-8,25-28,31,62H,9-24H2,1-3H3,(H,50,59)(H,51,58,61). The van der Waals surface area contributed by atoms with Crippen LogP contribution in [0.5, 0.6) is 5.75 Å². The molecule has 4 saturated heterocycles. The Hall–Kier alpha value is -5.59. The third kappa shape index (κ3) is 9.67. The molecule has 2 aromatic heterocycles. The van der Waals surface area contributed by atoms with E-state index in [2.05, 4.69) is 25.4 Å². The Kier molecular flexibility index (Phi) is 12.2. The zero-order chi connectivity index (χ0) is 44.7. The minimum absolute atomic E-state index is 0.0724. The fourth-order valence-electron chi connectivity index (χ4n) is 9.43. The van der Waals surface area contributed by atoms with Crippen molar-refractivity contribution in [2.24, 2.45) is 5.41 Å². The Bertz CT molecular complexity index is 2370. The lowest BCUT2D eigenvalue weighted by molar-refractivity contribution is -0.141. The number of anilines is 2. The van der Waals surface area contributed by atoms with Crippen LogP contribution in [0.25, 0.3) is 10.9 Å². The lowest BCUT2D eigenvalue weighted by Gasteiger charge is -2.47. The molecule has 4 fully saturated rings. The number of likely N-dealkylation sites (tertiary alicyclic amines) is 3. The zero-order valence-electron chi connectivity index (χ0n) is 35.8. The molecule has 8 rings (SSSR count). The second-order valence-corrected chi connectivity index (χ2v) is 17.8. The molecular formula is C45H54F3N9O6. The Balaban J connectivity index is 0.806. The SMILES string of the molecule is COc1ccc(C(=O)N2CCC3(CCN(CCN4CCC(n5cc6cc(NC(=O)c7cccc(C(F)(F)F)n7)c(C(C)(C)O)cc6n5)CC4)CC3)CC2)cc1N1CCC(=O)NC1=O. The molecule has 4 aromatic rings. The summed E-state index contributed by atoms with van der Waals surface area (Å²) in [6, 6.07) is 11.3. The topological polar surface area (TPSA) is 165 Å². The number of methoxy groups -OCH3 is 1. The van der Waals surface area contributed by atoms with E-state index in [-0.39, 0.29) is 47.6 Å². The number of alkyl halides is 3. The highest BCUT2D eigenvalue weighted by molar-refractivity contribution is 6.07. The number of urea groups is 1. The quantitative estimate of drug-likeness (QED) is 0.171. The maximum Gasteiger partial charge on any atom is 0.433 e. The summed E-state index contributed by atoms with van der Waals surface area (Å²) in [7, 11) is 1.51. The number of ether oxygens (including phenoxy) is 1. The summed E-state index contributed by atoms with van der Waals surface area (Å²) in [6.45, 7) is 10.6. The molecule has 4 aliphatic rings. The van der Waals surface area contributed by atoms with Crippen molar-refractivity contribution in [1.29, 1.82) is 0 Å². The van der Waals surface area contributed by atoms with Crippen molar-refractivity contribution in [2.75, 3.05) is 76.2 Å². The van der Waals surface area contributed by atoms with Gasteiger partial charge in [0.1, 0.15) is 17.1 Å². The second-order valence-electron chi connectivity index (χ2n) is 17.8. The first kappa shape index (κ1) is 44.0. The molecule has 5 amide bonds. The fraction of sp³-hybridized carbons (Fsp3) is 0.511. The number of aliphatic hydroxyl groups is 1. The van der Waals surface area contributed by atoms with Crippen molar-refractivity contribution in [3.05, 3.63) is 77.2 Å². The molecule has 0 saturated carbocycles. The molecule has 15 nitrogen and oxygen atoms in total. The van der Waals surface area contributed by atoms with Crippen LogP contribution in [0, 0.1) is 5.41 Å². The van der Waals surface area contributed by atoms with E-state index in [1.807, 2.05) is 15.8 Å². The van der Waals surface area contributed by atoms with E-state index in [1.165, 1.54) is 18.1 Å². The van der Waals surface area contributed by atoms with Gasteiger partial charge in [-0.3, -0.25) is 29.3 Å². The number of rotatable bonds is 10. The van der Waals surface area contributed by atoms with Crippen molar-refractivity contribution in [1.82, 2.24) is 34.8 Å². The highest BCUT2D eigenvalue weighted by Gasteiger charge is 2.39. The third-order valence-corrected chi connectivity index (χ3v) is 13.3. The van der Waals surface area contributed by atoms with Crippen LogP contribution in [0.4, 0.5) is 29.3 Å². The van der Waals surface area contributed by atoms with E-state index in [1.54, 1.807) is 44.2 Å². The molecule has 3 N–H and O–H groups in total. The van der Waals surface area contributed by atoms with Crippen LogP contribution in [0.2, 0.25) is 0 Å². The summed E-state index contributed by atoms with van der Waals surface area (Å²) in [5.41, 5.74) is -0.469. The van der Waals surface area contributed by atoms with E-state index in [0.717, 1.165) is 95.3 Å². The molecule has 2 aromatic carbocycles. The Labute approximate surface area is 363 Å². The summed E-state index contributed by atoms with van der Waals surface area (Å²) in [5.74, 6) is -0.760. The molecule has 0 atom stereocenters. The number of pyridine rings is 1. The average Bonchev–Trinajstić information content (AvgIpc) is 3.69. The number of halogens is 3. The molecule has 0 unspecified atom stereocenters. The van der Waals surface area contributed by atoms with Crippen LogP contribution >= 0.6 is 0 Å². The lowest BCUT2D eigenvalue weighted by Crippen LogP contribution is -2.50. The van der Waals surface area contributed by atoms with E-state index >= 15 is 0 Å². The number of hydrogen-bond acceptors (Lipinski definition) is 10. The number of carbonyl (C=O) groups is 4. The highest BCUT2D eigenvalue weighted by Crippen LogP contribution is 2.42. The number of amides is 5. The maximum atomic E-state index is 13.7. The van der Waals surface area contributed by atoms with Crippen molar-refractivity contribution in [3.8, 4) is 5.75 Å². The number of fused-ring (bicyclic) bond motifs is 1. The molecule has 63 heavy (non-hydrogen) atoms. The molecular weight excluding hydrogens is 820 g/mol. The maximum absolute atomic E-state index is 13.7. The summed E-state index contributed by atoms with van der Waals surface area (Å²) < 4.78 is 47.2. The van der Waals surface area contributed by atoms with E-state index in [4.69, 9.17) is 9.84 Å². The minimum Gasteiger partial charge on any atom is -0.495 e. The molecule has 6 heterocycles. The lowest BCUT2D eigenvalue weighted by atomic mass is 9.71. The van der Waals surface area contributed by atoms with Gasteiger partial charge in [0.05, 0.1) is 30.0 Å². The monoisotopic (exact) mass is 873 g/mol. The number of piperidine rings is 3. The van der Waals surface area contributed by atoms with Crippen molar-refractivity contribution in [2.45, 2.75) is 76.6 Å². The number of benzene rings is 2.